The first-order valence-electron chi connectivity index (χ1n) is 7.78. The summed E-state index contributed by atoms with van der Waals surface area (Å²) in [6, 6.07) is 3.61. The molecule has 1 saturated heterocycles. The van der Waals surface area contributed by atoms with Crippen molar-refractivity contribution < 1.29 is 9.53 Å². The zero-order valence-corrected chi connectivity index (χ0v) is 15.4. The van der Waals surface area contributed by atoms with Crippen molar-refractivity contribution in [2.75, 3.05) is 33.3 Å². The minimum atomic E-state index is -0.00823. The number of nitrogens with one attached hydrogen (secondary N) is 1. The summed E-state index contributed by atoms with van der Waals surface area (Å²) < 4.78 is 5.50. The number of hydrogen-bond acceptors (Lipinski definition) is 4. The molecule has 1 aliphatic heterocycles. The summed E-state index contributed by atoms with van der Waals surface area (Å²) in [4.78, 5) is 18.7. The van der Waals surface area contributed by atoms with Crippen LogP contribution < -0.4 is 10.1 Å². The van der Waals surface area contributed by atoms with E-state index in [9.17, 15) is 4.79 Å². The van der Waals surface area contributed by atoms with Gasteiger partial charge < -0.3 is 15.0 Å². The van der Waals surface area contributed by atoms with Crippen molar-refractivity contribution in [3.05, 3.63) is 24.0 Å². The number of nitrogens with zero attached hydrogens (tertiary/aromatic N) is 2. The Bertz CT molecular complexity index is 466. The van der Waals surface area contributed by atoms with Gasteiger partial charge in [-0.25, -0.2) is 4.98 Å². The number of pyridine rings is 1. The van der Waals surface area contributed by atoms with Crippen LogP contribution in [0.15, 0.2) is 18.3 Å². The van der Waals surface area contributed by atoms with Gasteiger partial charge in [-0.2, -0.15) is 0 Å². The lowest BCUT2D eigenvalue weighted by atomic mass is 9.93. The number of ether oxygens (including phenoxy) is 1. The Hall–Kier alpha value is -1.04. The molecule has 7 heteroatoms. The van der Waals surface area contributed by atoms with Gasteiger partial charge in [0, 0.05) is 19.3 Å². The minimum Gasteiger partial charge on any atom is -0.491 e. The Balaban J connectivity index is 0.00000242. The Labute approximate surface area is 151 Å². The van der Waals surface area contributed by atoms with E-state index in [1.54, 1.807) is 12.3 Å². The second-order valence-electron chi connectivity index (χ2n) is 5.41. The number of rotatable bonds is 6. The first kappa shape index (κ1) is 22.0. The van der Waals surface area contributed by atoms with Gasteiger partial charge >= 0.3 is 0 Å². The summed E-state index contributed by atoms with van der Waals surface area (Å²) >= 11 is 0. The second kappa shape index (κ2) is 11.5. The number of amides is 1. The second-order valence-corrected chi connectivity index (χ2v) is 5.41. The van der Waals surface area contributed by atoms with Crippen LogP contribution in [0.2, 0.25) is 0 Å². The van der Waals surface area contributed by atoms with E-state index < -0.39 is 0 Å². The maximum absolute atomic E-state index is 12.6. The molecule has 23 heavy (non-hydrogen) atoms. The van der Waals surface area contributed by atoms with Crippen LogP contribution in [0.4, 0.5) is 0 Å². The molecule has 2 rings (SSSR count). The third kappa shape index (κ3) is 6.16. The van der Waals surface area contributed by atoms with E-state index in [4.69, 9.17) is 4.74 Å². The molecule has 0 spiro atoms. The number of carbonyl (C=O) groups excluding carboxylic acids is 1. The Morgan fingerprint density at radius 3 is 2.70 bits per heavy atom. The molecule has 5 nitrogen and oxygen atoms in total. The quantitative estimate of drug-likeness (QED) is 0.844. The van der Waals surface area contributed by atoms with Gasteiger partial charge in [0.2, 0.25) is 0 Å². The van der Waals surface area contributed by atoms with Crippen molar-refractivity contribution in [3.8, 4) is 5.75 Å². The fourth-order valence-electron chi connectivity index (χ4n) is 2.75. The lowest BCUT2D eigenvalue weighted by Gasteiger charge is -2.32. The molecule has 0 saturated carbocycles. The average Bonchev–Trinajstić information content (AvgIpc) is 2.53. The van der Waals surface area contributed by atoms with Gasteiger partial charge in [0.1, 0.15) is 0 Å². The molecule has 0 radical (unpaired) electrons. The van der Waals surface area contributed by atoms with Crippen molar-refractivity contribution in [2.24, 2.45) is 5.92 Å². The third-order valence-electron chi connectivity index (χ3n) is 3.98. The Morgan fingerprint density at radius 1 is 1.39 bits per heavy atom. The van der Waals surface area contributed by atoms with E-state index in [-0.39, 0.29) is 30.7 Å². The molecule has 132 valence electrons. The minimum absolute atomic E-state index is 0. The molecule has 1 aromatic rings. The van der Waals surface area contributed by atoms with E-state index in [0.717, 1.165) is 38.4 Å². The number of aromatic nitrogens is 1. The lowest BCUT2D eigenvalue weighted by Crippen LogP contribution is -2.39. The number of halogens is 2. The summed E-state index contributed by atoms with van der Waals surface area (Å²) in [5, 5.41) is 3.19. The van der Waals surface area contributed by atoms with E-state index in [1.165, 1.54) is 6.42 Å². The molecule has 0 aromatic carbocycles. The van der Waals surface area contributed by atoms with E-state index in [2.05, 4.69) is 10.3 Å². The van der Waals surface area contributed by atoms with Crippen molar-refractivity contribution in [1.82, 2.24) is 15.2 Å². The highest BCUT2D eigenvalue weighted by Crippen LogP contribution is 2.23. The molecular weight excluding hydrogens is 337 g/mol. The molecular formula is C16H27Cl2N3O2. The topological polar surface area (TPSA) is 54.5 Å². The van der Waals surface area contributed by atoms with Crippen LogP contribution >= 0.6 is 24.8 Å². The van der Waals surface area contributed by atoms with Gasteiger partial charge in [-0.05, 0) is 57.8 Å². The van der Waals surface area contributed by atoms with Crippen molar-refractivity contribution in [1.29, 1.82) is 0 Å². The molecule has 1 N–H and O–H groups in total. The van der Waals surface area contributed by atoms with Crippen molar-refractivity contribution >= 4 is 30.7 Å². The van der Waals surface area contributed by atoms with E-state index in [0.29, 0.717) is 18.1 Å². The Morgan fingerprint density at radius 2 is 2.09 bits per heavy atom. The number of likely N-dealkylation sites (tertiary alicyclic amines) is 1. The van der Waals surface area contributed by atoms with E-state index in [1.807, 2.05) is 24.9 Å². The van der Waals surface area contributed by atoms with Gasteiger partial charge in [0.15, 0.2) is 11.4 Å². The molecule has 0 bridgehead atoms. The SMILES string of the molecule is CCOc1cccnc1C(=O)N1CCC(CCNC)CC1.Cl.Cl. The number of piperidine rings is 1. The zero-order chi connectivity index (χ0) is 15.1. The van der Waals surface area contributed by atoms with Crippen LogP contribution in [-0.4, -0.2) is 49.1 Å². The first-order chi connectivity index (χ1) is 10.3. The van der Waals surface area contributed by atoms with Gasteiger partial charge in [0.05, 0.1) is 6.61 Å². The zero-order valence-electron chi connectivity index (χ0n) is 13.8. The molecule has 1 aromatic heterocycles. The van der Waals surface area contributed by atoms with Crippen molar-refractivity contribution in [3.63, 3.8) is 0 Å². The summed E-state index contributed by atoms with van der Waals surface area (Å²) in [7, 11) is 1.98. The van der Waals surface area contributed by atoms with Crippen LogP contribution in [0.1, 0.15) is 36.7 Å². The van der Waals surface area contributed by atoms with Crippen molar-refractivity contribution in [2.45, 2.75) is 26.2 Å². The maximum Gasteiger partial charge on any atom is 0.276 e. The largest absolute Gasteiger partial charge is 0.491 e. The standard InChI is InChI=1S/C16H25N3O2.2ClH/c1-3-21-14-5-4-9-18-15(14)16(20)19-11-7-13(8-12-19)6-10-17-2;;/h4-5,9,13,17H,3,6-8,10-12H2,1-2H3;2*1H. The molecule has 0 atom stereocenters. The first-order valence-corrected chi connectivity index (χ1v) is 7.78. The van der Waals surface area contributed by atoms with Gasteiger partial charge in [0.25, 0.3) is 5.91 Å². The number of carbonyl (C=O) groups is 1. The molecule has 1 aliphatic rings. The predicted molar refractivity (Wildman–Crippen MR) is 97.1 cm³/mol. The van der Waals surface area contributed by atoms with Gasteiger partial charge in [-0.3, -0.25) is 4.79 Å². The molecule has 0 unspecified atom stereocenters. The van der Waals surface area contributed by atoms with Crippen LogP contribution in [0.3, 0.4) is 0 Å². The summed E-state index contributed by atoms with van der Waals surface area (Å²) in [6.45, 7) is 5.13. The lowest BCUT2D eigenvalue weighted by molar-refractivity contribution is 0.0676. The molecule has 1 fully saturated rings. The summed E-state index contributed by atoms with van der Waals surface area (Å²) in [5.74, 6) is 1.30. The van der Waals surface area contributed by atoms with Crippen LogP contribution in [0, 0.1) is 5.92 Å². The number of hydrogen-bond donors (Lipinski definition) is 1. The monoisotopic (exact) mass is 363 g/mol. The molecule has 2 heterocycles. The molecule has 0 aliphatic carbocycles. The maximum atomic E-state index is 12.6. The van der Waals surface area contributed by atoms with Crippen LogP contribution in [0.5, 0.6) is 5.75 Å². The van der Waals surface area contributed by atoms with Gasteiger partial charge in [-0.1, -0.05) is 0 Å². The van der Waals surface area contributed by atoms with Crippen LogP contribution in [-0.2, 0) is 0 Å². The van der Waals surface area contributed by atoms with E-state index >= 15 is 0 Å². The van der Waals surface area contributed by atoms with Crippen LogP contribution in [0.25, 0.3) is 0 Å². The normalized spacial score (nSPS) is 14.6. The highest BCUT2D eigenvalue weighted by Gasteiger charge is 2.25. The highest BCUT2D eigenvalue weighted by atomic mass is 35.5. The Kier molecular flexibility index (Phi) is 11.0. The fraction of sp³-hybridized carbons (Fsp3) is 0.625. The third-order valence-corrected chi connectivity index (χ3v) is 3.98. The fourth-order valence-corrected chi connectivity index (χ4v) is 2.75. The average molecular weight is 364 g/mol. The highest BCUT2D eigenvalue weighted by molar-refractivity contribution is 5.95. The molecule has 1 amide bonds. The summed E-state index contributed by atoms with van der Waals surface area (Å²) in [5.41, 5.74) is 0.438. The van der Waals surface area contributed by atoms with Gasteiger partial charge in [-0.15, -0.1) is 24.8 Å². The smallest absolute Gasteiger partial charge is 0.276 e. The summed E-state index contributed by atoms with van der Waals surface area (Å²) in [6.07, 6.45) is 4.98. The predicted octanol–water partition coefficient (Wildman–Crippen LogP) is 2.79.